The third kappa shape index (κ3) is 0.995. The molecule has 1 aliphatic carbocycles. The molecule has 1 aliphatic rings. The predicted molar refractivity (Wildman–Crippen MR) is 42.3 cm³/mol. The number of hydrogen-bond donors (Lipinski definition) is 1. The van der Waals surface area contributed by atoms with Crippen LogP contribution in [0.3, 0.4) is 0 Å². The summed E-state index contributed by atoms with van der Waals surface area (Å²) < 4.78 is 0.724. The van der Waals surface area contributed by atoms with Crippen LogP contribution in [0, 0.1) is 0 Å². The van der Waals surface area contributed by atoms with Gasteiger partial charge in [-0.1, -0.05) is 0 Å². The van der Waals surface area contributed by atoms with E-state index in [2.05, 4.69) is 4.98 Å². The lowest BCUT2D eigenvalue weighted by Crippen LogP contribution is -2.25. The van der Waals surface area contributed by atoms with Gasteiger partial charge in [0.2, 0.25) is 0 Å². The molecule has 0 unspecified atom stereocenters. The standard InChI is InChI=1S/C8H10N2O2/c11-8-5-9-6-3-1-2-4-7(6)10(8)12/h5,12H,1-4H2. The zero-order valence-corrected chi connectivity index (χ0v) is 6.66. The lowest BCUT2D eigenvalue weighted by molar-refractivity contribution is 0.160. The molecule has 0 amide bonds. The first-order valence-corrected chi connectivity index (χ1v) is 4.08. The van der Waals surface area contributed by atoms with E-state index < -0.39 is 5.56 Å². The van der Waals surface area contributed by atoms with Crippen molar-refractivity contribution in [3.8, 4) is 0 Å². The lowest BCUT2D eigenvalue weighted by Gasteiger charge is -2.15. The summed E-state index contributed by atoms with van der Waals surface area (Å²) in [6, 6.07) is 0. The average Bonchev–Trinajstić information content (AvgIpc) is 2.12. The highest BCUT2D eigenvalue weighted by Gasteiger charge is 2.14. The Morgan fingerprint density at radius 1 is 1.42 bits per heavy atom. The largest absolute Gasteiger partial charge is 0.425 e. The minimum Gasteiger partial charge on any atom is -0.425 e. The van der Waals surface area contributed by atoms with Gasteiger partial charge < -0.3 is 5.21 Å². The van der Waals surface area contributed by atoms with Crippen molar-refractivity contribution in [1.82, 2.24) is 9.71 Å². The SMILES string of the molecule is O=c1cnc2c(n1O)CCCC2. The van der Waals surface area contributed by atoms with Gasteiger partial charge in [-0.05, 0) is 25.7 Å². The second-order valence-electron chi connectivity index (χ2n) is 3.01. The lowest BCUT2D eigenvalue weighted by atomic mass is 10.0. The minimum atomic E-state index is -0.435. The third-order valence-electron chi connectivity index (χ3n) is 2.21. The molecule has 0 aromatic carbocycles. The van der Waals surface area contributed by atoms with Gasteiger partial charge in [-0.3, -0.25) is 9.78 Å². The highest BCUT2D eigenvalue weighted by molar-refractivity contribution is 5.14. The fourth-order valence-corrected chi connectivity index (χ4v) is 1.56. The molecule has 0 spiro atoms. The summed E-state index contributed by atoms with van der Waals surface area (Å²) in [7, 11) is 0. The molecule has 12 heavy (non-hydrogen) atoms. The van der Waals surface area contributed by atoms with Crippen molar-refractivity contribution in [2.24, 2.45) is 0 Å². The van der Waals surface area contributed by atoms with Crippen molar-refractivity contribution in [2.75, 3.05) is 0 Å². The van der Waals surface area contributed by atoms with E-state index in [1.807, 2.05) is 0 Å². The van der Waals surface area contributed by atoms with Crippen molar-refractivity contribution < 1.29 is 5.21 Å². The van der Waals surface area contributed by atoms with Crippen molar-refractivity contribution in [3.63, 3.8) is 0 Å². The molecule has 4 heteroatoms. The molecular formula is C8H10N2O2. The van der Waals surface area contributed by atoms with Gasteiger partial charge in [0.25, 0.3) is 0 Å². The summed E-state index contributed by atoms with van der Waals surface area (Å²) in [6.45, 7) is 0. The number of hydrogen-bond acceptors (Lipinski definition) is 3. The van der Waals surface area contributed by atoms with Gasteiger partial charge >= 0.3 is 5.56 Å². The van der Waals surface area contributed by atoms with Gasteiger partial charge in [-0.2, -0.15) is 0 Å². The van der Waals surface area contributed by atoms with E-state index >= 15 is 0 Å². The maximum atomic E-state index is 10.9. The summed E-state index contributed by atoms with van der Waals surface area (Å²) in [5.74, 6) is 0. The first-order valence-electron chi connectivity index (χ1n) is 4.08. The van der Waals surface area contributed by atoms with Gasteiger partial charge in [-0.15, -0.1) is 4.73 Å². The molecule has 1 heterocycles. The molecule has 64 valence electrons. The molecule has 0 bridgehead atoms. The molecule has 0 atom stereocenters. The maximum absolute atomic E-state index is 10.9. The van der Waals surface area contributed by atoms with Crippen molar-refractivity contribution in [3.05, 3.63) is 27.9 Å². The van der Waals surface area contributed by atoms with Crippen LogP contribution in [-0.4, -0.2) is 14.9 Å². The zero-order chi connectivity index (χ0) is 8.55. The van der Waals surface area contributed by atoms with E-state index in [9.17, 15) is 10.0 Å². The number of aromatic nitrogens is 2. The van der Waals surface area contributed by atoms with E-state index in [0.717, 1.165) is 36.1 Å². The smallest absolute Gasteiger partial charge is 0.301 e. The van der Waals surface area contributed by atoms with E-state index in [1.54, 1.807) is 0 Å². The fraction of sp³-hybridized carbons (Fsp3) is 0.500. The predicted octanol–water partition coefficient (Wildman–Crippen LogP) is 0.359. The quantitative estimate of drug-likeness (QED) is 0.566. The van der Waals surface area contributed by atoms with Crippen LogP contribution in [0.4, 0.5) is 0 Å². The summed E-state index contributed by atoms with van der Waals surface area (Å²) in [5, 5.41) is 9.31. The van der Waals surface area contributed by atoms with Gasteiger partial charge in [0.1, 0.15) is 0 Å². The van der Waals surface area contributed by atoms with Crippen LogP contribution in [0.2, 0.25) is 0 Å². The van der Waals surface area contributed by atoms with Crippen LogP contribution in [0.25, 0.3) is 0 Å². The molecular weight excluding hydrogens is 156 g/mol. The maximum Gasteiger partial charge on any atom is 0.301 e. The minimum absolute atomic E-state index is 0.435. The van der Waals surface area contributed by atoms with Gasteiger partial charge in [0.05, 0.1) is 17.6 Å². The van der Waals surface area contributed by atoms with Crippen LogP contribution in [0.15, 0.2) is 11.0 Å². The highest BCUT2D eigenvalue weighted by atomic mass is 16.5. The Hall–Kier alpha value is -1.32. The summed E-state index contributed by atoms with van der Waals surface area (Å²) >= 11 is 0. The van der Waals surface area contributed by atoms with Crippen LogP contribution in [0.1, 0.15) is 24.2 Å². The molecule has 4 nitrogen and oxygen atoms in total. The Labute approximate surface area is 69.4 Å². The normalized spacial score (nSPS) is 15.7. The van der Waals surface area contributed by atoms with Crippen LogP contribution in [0.5, 0.6) is 0 Å². The number of aryl methyl sites for hydroxylation is 1. The van der Waals surface area contributed by atoms with E-state index in [0.29, 0.717) is 5.69 Å². The third-order valence-corrected chi connectivity index (χ3v) is 2.21. The number of rotatable bonds is 0. The Bertz CT molecular complexity index is 357. The second kappa shape index (κ2) is 2.62. The molecule has 0 saturated heterocycles. The molecule has 0 saturated carbocycles. The second-order valence-corrected chi connectivity index (χ2v) is 3.01. The molecule has 2 rings (SSSR count). The Kier molecular flexibility index (Phi) is 1.60. The van der Waals surface area contributed by atoms with Gasteiger partial charge in [0.15, 0.2) is 0 Å². The van der Waals surface area contributed by atoms with Crippen LogP contribution in [-0.2, 0) is 12.8 Å². The van der Waals surface area contributed by atoms with Crippen LogP contribution < -0.4 is 5.56 Å². The molecule has 0 aliphatic heterocycles. The summed E-state index contributed by atoms with van der Waals surface area (Å²) in [6.07, 6.45) is 4.92. The van der Waals surface area contributed by atoms with E-state index in [1.165, 1.54) is 6.20 Å². The Balaban J connectivity index is 2.61. The van der Waals surface area contributed by atoms with Gasteiger partial charge in [0, 0.05) is 0 Å². The molecule has 1 N–H and O–H groups in total. The number of fused-ring (bicyclic) bond motifs is 1. The first-order chi connectivity index (χ1) is 5.79. The summed E-state index contributed by atoms with van der Waals surface area (Å²) in [5.41, 5.74) is 1.12. The van der Waals surface area contributed by atoms with Gasteiger partial charge in [-0.25, -0.2) is 0 Å². The average molecular weight is 166 g/mol. The molecule has 1 aromatic rings. The Morgan fingerprint density at radius 3 is 3.00 bits per heavy atom. The van der Waals surface area contributed by atoms with Crippen molar-refractivity contribution >= 4 is 0 Å². The fourth-order valence-electron chi connectivity index (χ4n) is 1.56. The van der Waals surface area contributed by atoms with Crippen molar-refractivity contribution in [1.29, 1.82) is 0 Å². The topological polar surface area (TPSA) is 55.1 Å². The zero-order valence-electron chi connectivity index (χ0n) is 6.66. The monoisotopic (exact) mass is 166 g/mol. The molecule has 0 radical (unpaired) electrons. The first kappa shape index (κ1) is 7.34. The van der Waals surface area contributed by atoms with E-state index in [-0.39, 0.29) is 0 Å². The number of nitrogens with zero attached hydrogens (tertiary/aromatic N) is 2. The highest BCUT2D eigenvalue weighted by Crippen LogP contribution is 2.16. The van der Waals surface area contributed by atoms with E-state index in [4.69, 9.17) is 0 Å². The van der Waals surface area contributed by atoms with Crippen LogP contribution >= 0.6 is 0 Å². The Morgan fingerprint density at radius 2 is 2.17 bits per heavy atom. The molecule has 1 aromatic heterocycles. The summed E-state index contributed by atoms with van der Waals surface area (Å²) in [4.78, 5) is 14.9. The molecule has 0 fully saturated rings. The van der Waals surface area contributed by atoms with Crippen molar-refractivity contribution in [2.45, 2.75) is 25.7 Å².